The molecule has 1 heteroatoms. The molecule has 1 saturated heterocycles. The average molecular weight is 196 g/mol. The average Bonchev–Trinajstić information content (AvgIpc) is 2.60. The van der Waals surface area contributed by atoms with Gasteiger partial charge in [0, 0.05) is 6.61 Å². The van der Waals surface area contributed by atoms with Gasteiger partial charge in [-0.2, -0.15) is 0 Å². The summed E-state index contributed by atoms with van der Waals surface area (Å²) in [6, 6.07) is 0. The molecule has 0 aromatic carbocycles. The highest BCUT2D eigenvalue weighted by atomic mass is 16.5. The Balaban J connectivity index is 1.97. The molecule has 0 bridgehead atoms. The van der Waals surface area contributed by atoms with Gasteiger partial charge >= 0.3 is 0 Å². The molecule has 1 nitrogen and oxygen atoms in total. The summed E-state index contributed by atoms with van der Waals surface area (Å²) in [5, 5.41) is 0. The molecule has 82 valence electrons. The lowest BCUT2D eigenvalue weighted by Gasteiger charge is -2.45. The summed E-state index contributed by atoms with van der Waals surface area (Å²) in [6.45, 7) is 8.21. The van der Waals surface area contributed by atoms with Crippen LogP contribution >= 0.6 is 0 Å². The van der Waals surface area contributed by atoms with Crippen LogP contribution in [0.1, 0.15) is 59.3 Å². The lowest BCUT2D eigenvalue weighted by molar-refractivity contribution is -0.0596. The Morgan fingerprint density at radius 1 is 1.00 bits per heavy atom. The molecule has 0 aromatic rings. The van der Waals surface area contributed by atoms with Crippen molar-refractivity contribution in [2.45, 2.75) is 64.9 Å². The molecular formula is C13H24O. The Labute approximate surface area is 88.2 Å². The van der Waals surface area contributed by atoms with Crippen molar-refractivity contribution in [2.24, 2.45) is 11.3 Å². The van der Waals surface area contributed by atoms with E-state index in [1.54, 1.807) is 0 Å². The Morgan fingerprint density at radius 2 is 1.64 bits per heavy atom. The molecule has 2 fully saturated rings. The lowest BCUT2D eigenvalue weighted by atomic mass is 9.64. The first-order chi connectivity index (χ1) is 6.56. The van der Waals surface area contributed by atoms with Gasteiger partial charge in [0.1, 0.15) is 0 Å². The van der Waals surface area contributed by atoms with Crippen LogP contribution in [-0.2, 0) is 4.74 Å². The van der Waals surface area contributed by atoms with Crippen LogP contribution in [0.2, 0.25) is 0 Å². The smallest absolute Gasteiger partial charge is 0.0683 e. The van der Waals surface area contributed by atoms with Crippen molar-refractivity contribution in [3.8, 4) is 0 Å². The summed E-state index contributed by atoms with van der Waals surface area (Å²) in [5.74, 6) is 0.821. The fourth-order valence-corrected chi connectivity index (χ4v) is 3.00. The van der Waals surface area contributed by atoms with Crippen molar-refractivity contribution in [2.75, 3.05) is 6.61 Å². The van der Waals surface area contributed by atoms with Gasteiger partial charge in [-0.05, 0) is 49.9 Å². The molecule has 0 amide bonds. The first-order valence-corrected chi connectivity index (χ1v) is 6.20. The van der Waals surface area contributed by atoms with E-state index < -0.39 is 0 Å². The molecule has 1 heterocycles. The topological polar surface area (TPSA) is 9.23 Å². The molecule has 0 atom stereocenters. The third-order valence-corrected chi connectivity index (χ3v) is 4.88. The molecule has 1 spiro atoms. The van der Waals surface area contributed by atoms with Crippen LogP contribution in [0.4, 0.5) is 0 Å². The number of hydrogen-bond donors (Lipinski definition) is 0. The van der Waals surface area contributed by atoms with Crippen LogP contribution in [0.25, 0.3) is 0 Å². The van der Waals surface area contributed by atoms with E-state index in [2.05, 4.69) is 20.8 Å². The second-order valence-electron chi connectivity index (χ2n) is 5.94. The second kappa shape index (κ2) is 3.52. The molecule has 1 aliphatic carbocycles. The monoisotopic (exact) mass is 196 g/mol. The van der Waals surface area contributed by atoms with Gasteiger partial charge in [-0.15, -0.1) is 0 Å². The largest absolute Gasteiger partial charge is 0.375 e. The highest BCUT2D eigenvalue weighted by molar-refractivity contribution is 4.95. The number of hydrogen-bond acceptors (Lipinski definition) is 1. The molecule has 14 heavy (non-hydrogen) atoms. The SMILES string of the molecule is CC(C)C1(C)CCC2(CCCO2)CC1. The predicted molar refractivity (Wildman–Crippen MR) is 59.3 cm³/mol. The zero-order valence-corrected chi connectivity index (χ0v) is 9.94. The molecule has 0 radical (unpaired) electrons. The molecule has 1 aliphatic heterocycles. The van der Waals surface area contributed by atoms with Crippen LogP contribution in [0.5, 0.6) is 0 Å². The van der Waals surface area contributed by atoms with Crippen molar-refractivity contribution < 1.29 is 4.74 Å². The predicted octanol–water partition coefficient (Wildman–Crippen LogP) is 3.77. The minimum atomic E-state index is 0.314. The highest BCUT2D eigenvalue weighted by Gasteiger charge is 2.43. The summed E-state index contributed by atoms with van der Waals surface area (Å²) in [5.41, 5.74) is 0.894. The number of ether oxygens (including phenoxy) is 1. The normalized spacial score (nSPS) is 43.7. The van der Waals surface area contributed by atoms with Crippen molar-refractivity contribution in [1.29, 1.82) is 0 Å². The van der Waals surface area contributed by atoms with Crippen LogP contribution in [0.15, 0.2) is 0 Å². The summed E-state index contributed by atoms with van der Waals surface area (Å²) < 4.78 is 5.95. The van der Waals surface area contributed by atoms with E-state index in [0.29, 0.717) is 11.0 Å². The second-order valence-corrected chi connectivity index (χ2v) is 5.94. The first-order valence-electron chi connectivity index (χ1n) is 6.20. The highest BCUT2D eigenvalue weighted by Crippen LogP contribution is 2.49. The standard InChI is InChI=1S/C13H24O/c1-11(2)12(3)6-8-13(9-7-12)5-4-10-14-13/h11H,4-10H2,1-3H3. The maximum Gasteiger partial charge on any atom is 0.0683 e. The van der Waals surface area contributed by atoms with E-state index in [0.717, 1.165) is 12.5 Å². The van der Waals surface area contributed by atoms with E-state index in [9.17, 15) is 0 Å². The summed E-state index contributed by atoms with van der Waals surface area (Å²) >= 11 is 0. The van der Waals surface area contributed by atoms with Crippen molar-refractivity contribution in [3.05, 3.63) is 0 Å². The Hall–Kier alpha value is -0.0400. The zero-order valence-electron chi connectivity index (χ0n) is 9.94. The summed E-state index contributed by atoms with van der Waals surface area (Å²) in [6.07, 6.45) is 7.96. The maximum atomic E-state index is 5.95. The van der Waals surface area contributed by atoms with E-state index >= 15 is 0 Å². The quantitative estimate of drug-likeness (QED) is 0.620. The minimum Gasteiger partial charge on any atom is -0.375 e. The van der Waals surface area contributed by atoms with Gasteiger partial charge < -0.3 is 4.74 Å². The van der Waals surface area contributed by atoms with E-state index in [-0.39, 0.29) is 0 Å². The van der Waals surface area contributed by atoms with E-state index in [1.807, 2.05) is 0 Å². The van der Waals surface area contributed by atoms with Crippen LogP contribution in [-0.4, -0.2) is 12.2 Å². The Kier molecular flexibility index (Phi) is 2.63. The third kappa shape index (κ3) is 1.71. The molecule has 0 unspecified atom stereocenters. The van der Waals surface area contributed by atoms with Gasteiger partial charge in [0.25, 0.3) is 0 Å². The summed E-state index contributed by atoms with van der Waals surface area (Å²) in [4.78, 5) is 0. The van der Waals surface area contributed by atoms with Gasteiger partial charge in [0.05, 0.1) is 5.60 Å². The van der Waals surface area contributed by atoms with Gasteiger partial charge in [-0.25, -0.2) is 0 Å². The Morgan fingerprint density at radius 3 is 2.07 bits per heavy atom. The van der Waals surface area contributed by atoms with Gasteiger partial charge in [-0.3, -0.25) is 0 Å². The van der Waals surface area contributed by atoms with E-state index in [1.165, 1.54) is 38.5 Å². The molecule has 2 aliphatic rings. The van der Waals surface area contributed by atoms with Gasteiger partial charge in [0.2, 0.25) is 0 Å². The minimum absolute atomic E-state index is 0.314. The molecule has 0 aromatic heterocycles. The zero-order chi connectivity index (χ0) is 10.2. The van der Waals surface area contributed by atoms with E-state index in [4.69, 9.17) is 4.74 Å². The molecular weight excluding hydrogens is 172 g/mol. The fourth-order valence-electron chi connectivity index (χ4n) is 3.00. The van der Waals surface area contributed by atoms with Gasteiger partial charge in [-0.1, -0.05) is 20.8 Å². The summed E-state index contributed by atoms with van der Waals surface area (Å²) in [7, 11) is 0. The van der Waals surface area contributed by atoms with Gasteiger partial charge in [0.15, 0.2) is 0 Å². The molecule has 2 rings (SSSR count). The third-order valence-electron chi connectivity index (χ3n) is 4.88. The van der Waals surface area contributed by atoms with Crippen molar-refractivity contribution >= 4 is 0 Å². The first kappa shape index (κ1) is 10.5. The van der Waals surface area contributed by atoms with Crippen molar-refractivity contribution in [1.82, 2.24) is 0 Å². The Bertz CT molecular complexity index is 185. The van der Waals surface area contributed by atoms with Crippen LogP contribution in [0, 0.1) is 11.3 Å². The molecule has 1 saturated carbocycles. The lowest BCUT2D eigenvalue weighted by Crippen LogP contribution is -2.39. The van der Waals surface area contributed by atoms with Crippen LogP contribution < -0.4 is 0 Å². The van der Waals surface area contributed by atoms with Crippen molar-refractivity contribution in [3.63, 3.8) is 0 Å². The maximum absolute atomic E-state index is 5.95. The fraction of sp³-hybridized carbons (Fsp3) is 1.00. The van der Waals surface area contributed by atoms with Crippen LogP contribution in [0.3, 0.4) is 0 Å². The molecule has 0 N–H and O–H groups in total. The number of rotatable bonds is 1.